The standard InChI is InChI=1S/C12H2F6N2/c13-3-1-2-4-10(5(3)14)20-12-9(18)7(16)6(15)8(17)11(12)19-4/h1-2H. The maximum Gasteiger partial charge on any atom is 0.199 e. The SMILES string of the molecule is Fc1ccc2nc3c(F)c(F)c(F)c(F)c3nc2c1F. The van der Waals surface area contributed by atoms with Crippen LogP contribution in [0.3, 0.4) is 0 Å². The Morgan fingerprint density at radius 1 is 0.550 bits per heavy atom. The van der Waals surface area contributed by atoms with E-state index < -0.39 is 51.5 Å². The van der Waals surface area contributed by atoms with E-state index in [9.17, 15) is 26.3 Å². The summed E-state index contributed by atoms with van der Waals surface area (Å²) in [4.78, 5) is 6.75. The van der Waals surface area contributed by atoms with Gasteiger partial charge in [0.25, 0.3) is 0 Å². The smallest absolute Gasteiger partial charge is 0.199 e. The van der Waals surface area contributed by atoms with Gasteiger partial charge < -0.3 is 0 Å². The quantitative estimate of drug-likeness (QED) is 0.273. The average Bonchev–Trinajstić information content (AvgIpc) is 2.45. The number of halogens is 6. The van der Waals surface area contributed by atoms with Gasteiger partial charge in [-0.05, 0) is 12.1 Å². The first-order valence-corrected chi connectivity index (χ1v) is 5.19. The number of fused-ring (bicyclic) bond motifs is 2. The van der Waals surface area contributed by atoms with Crippen LogP contribution in [0.2, 0.25) is 0 Å². The molecule has 0 saturated carbocycles. The molecule has 1 aromatic heterocycles. The summed E-state index contributed by atoms with van der Waals surface area (Å²) in [6.07, 6.45) is 0. The summed E-state index contributed by atoms with van der Waals surface area (Å²) in [5, 5.41) is 0. The van der Waals surface area contributed by atoms with Gasteiger partial charge >= 0.3 is 0 Å². The molecule has 0 radical (unpaired) electrons. The van der Waals surface area contributed by atoms with Crippen LogP contribution in [0.15, 0.2) is 12.1 Å². The van der Waals surface area contributed by atoms with Crippen molar-refractivity contribution < 1.29 is 26.3 Å². The van der Waals surface area contributed by atoms with Crippen LogP contribution in [0, 0.1) is 34.9 Å². The Hall–Kier alpha value is -2.38. The van der Waals surface area contributed by atoms with Gasteiger partial charge in [0.15, 0.2) is 34.9 Å². The Bertz CT molecular complexity index is 877. The Kier molecular flexibility index (Phi) is 2.56. The van der Waals surface area contributed by atoms with E-state index in [4.69, 9.17) is 0 Å². The molecule has 20 heavy (non-hydrogen) atoms. The molecule has 3 aromatic rings. The van der Waals surface area contributed by atoms with E-state index in [2.05, 4.69) is 9.97 Å². The van der Waals surface area contributed by atoms with Crippen molar-refractivity contribution in [2.45, 2.75) is 0 Å². The largest absolute Gasteiger partial charge is 0.241 e. The third-order valence-corrected chi connectivity index (χ3v) is 2.72. The highest BCUT2D eigenvalue weighted by molar-refractivity contribution is 5.87. The highest BCUT2D eigenvalue weighted by Crippen LogP contribution is 2.27. The van der Waals surface area contributed by atoms with Gasteiger partial charge in [-0.15, -0.1) is 0 Å². The molecule has 0 spiro atoms. The van der Waals surface area contributed by atoms with Crippen molar-refractivity contribution in [2.24, 2.45) is 0 Å². The first kappa shape index (κ1) is 12.6. The van der Waals surface area contributed by atoms with E-state index >= 15 is 0 Å². The minimum atomic E-state index is -2.10. The van der Waals surface area contributed by atoms with Crippen LogP contribution >= 0.6 is 0 Å². The lowest BCUT2D eigenvalue weighted by atomic mass is 10.2. The van der Waals surface area contributed by atoms with Gasteiger partial charge in [0.1, 0.15) is 16.6 Å². The number of nitrogens with zero attached hydrogens (tertiary/aromatic N) is 2. The van der Waals surface area contributed by atoms with Crippen molar-refractivity contribution in [2.75, 3.05) is 0 Å². The summed E-state index contributed by atoms with van der Waals surface area (Å²) in [7, 11) is 0. The second-order valence-electron chi connectivity index (χ2n) is 3.91. The van der Waals surface area contributed by atoms with Gasteiger partial charge in [-0.1, -0.05) is 0 Å². The Morgan fingerprint density at radius 2 is 1.10 bits per heavy atom. The van der Waals surface area contributed by atoms with Crippen LogP contribution < -0.4 is 0 Å². The molecule has 0 atom stereocenters. The van der Waals surface area contributed by atoms with Crippen molar-refractivity contribution in [3.8, 4) is 0 Å². The Morgan fingerprint density at radius 3 is 1.70 bits per heavy atom. The van der Waals surface area contributed by atoms with E-state index in [1.807, 2.05) is 0 Å². The predicted octanol–water partition coefficient (Wildman–Crippen LogP) is 3.62. The van der Waals surface area contributed by atoms with Crippen molar-refractivity contribution in [1.82, 2.24) is 9.97 Å². The third-order valence-electron chi connectivity index (χ3n) is 2.72. The van der Waals surface area contributed by atoms with Crippen LogP contribution in [0.5, 0.6) is 0 Å². The second-order valence-corrected chi connectivity index (χ2v) is 3.91. The molecule has 0 aliphatic carbocycles. The molecule has 0 unspecified atom stereocenters. The van der Waals surface area contributed by atoms with Crippen LogP contribution in [0.1, 0.15) is 0 Å². The molecule has 0 aliphatic heterocycles. The fourth-order valence-corrected chi connectivity index (χ4v) is 1.77. The molecule has 0 aliphatic rings. The summed E-state index contributed by atoms with van der Waals surface area (Å²) in [5.41, 5.74) is -2.94. The monoisotopic (exact) mass is 288 g/mol. The van der Waals surface area contributed by atoms with Crippen LogP contribution in [-0.4, -0.2) is 9.97 Å². The molecule has 2 aromatic carbocycles. The van der Waals surface area contributed by atoms with E-state index in [-0.39, 0.29) is 5.52 Å². The Balaban J connectivity index is 2.58. The topological polar surface area (TPSA) is 25.8 Å². The van der Waals surface area contributed by atoms with E-state index in [1.54, 1.807) is 0 Å². The molecule has 0 saturated heterocycles. The van der Waals surface area contributed by atoms with Crippen molar-refractivity contribution in [1.29, 1.82) is 0 Å². The van der Waals surface area contributed by atoms with Gasteiger partial charge in [0, 0.05) is 0 Å². The lowest BCUT2D eigenvalue weighted by Gasteiger charge is -2.06. The molecule has 102 valence electrons. The Labute approximate surface area is 106 Å². The fraction of sp³-hybridized carbons (Fsp3) is 0. The summed E-state index contributed by atoms with van der Waals surface area (Å²) in [6.45, 7) is 0. The van der Waals surface area contributed by atoms with E-state index in [0.29, 0.717) is 6.07 Å². The van der Waals surface area contributed by atoms with Gasteiger partial charge in [0.05, 0.1) is 5.52 Å². The maximum absolute atomic E-state index is 13.5. The highest BCUT2D eigenvalue weighted by Gasteiger charge is 2.24. The normalized spacial score (nSPS) is 11.5. The van der Waals surface area contributed by atoms with Gasteiger partial charge in [-0.3, -0.25) is 0 Å². The highest BCUT2D eigenvalue weighted by atomic mass is 19.2. The van der Waals surface area contributed by atoms with Crippen molar-refractivity contribution in [3.05, 3.63) is 47.0 Å². The minimum Gasteiger partial charge on any atom is -0.241 e. The van der Waals surface area contributed by atoms with E-state index in [0.717, 1.165) is 6.07 Å². The van der Waals surface area contributed by atoms with Crippen molar-refractivity contribution >= 4 is 22.1 Å². The number of aromatic nitrogens is 2. The molecule has 0 amide bonds. The summed E-state index contributed by atoms with van der Waals surface area (Å²) < 4.78 is 79.6. The molecule has 0 bridgehead atoms. The first-order valence-electron chi connectivity index (χ1n) is 5.19. The van der Waals surface area contributed by atoms with Crippen molar-refractivity contribution in [3.63, 3.8) is 0 Å². The first-order chi connectivity index (χ1) is 9.41. The van der Waals surface area contributed by atoms with Gasteiger partial charge in [-0.2, -0.15) is 0 Å². The molecular formula is C12H2F6N2. The van der Waals surface area contributed by atoms with Gasteiger partial charge in [-0.25, -0.2) is 36.3 Å². The third kappa shape index (κ3) is 1.54. The minimum absolute atomic E-state index is 0.319. The number of rotatable bonds is 0. The molecule has 3 rings (SSSR count). The van der Waals surface area contributed by atoms with Crippen LogP contribution in [0.25, 0.3) is 22.1 Å². The summed E-state index contributed by atoms with van der Waals surface area (Å²) >= 11 is 0. The molecular weight excluding hydrogens is 286 g/mol. The van der Waals surface area contributed by atoms with Crippen LogP contribution in [0.4, 0.5) is 26.3 Å². The zero-order chi connectivity index (χ0) is 14.6. The molecule has 1 heterocycles. The van der Waals surface area contributed by atoms with E-state index in [1.165, 1.54) is 0 Å². The lowest BCUT2D eigenvalue weighted by Crippen LogP contribution is -2.03. The zero-order valence-corrected chi connectivity index (χ0v) is 9.32. The average molecular weight is 288 g/mol. The summed E-state index contributed by atoms with van der Waals surface area (Å²) in [5.74, 6) is -10.4. The molecule has 2 nitrogen and oxygen atoms in total. The number of hydrogen-bond acceptors (Lipinski definition) is 2. The molecule has 0 N–H and O–H groups in total. The molecule has 8 heteroatoms. The maximum atomic E-state index is 13.5. The lowest BCUT2D eigenvalue weighted by molar-refractivity contribution is 0.416. The zero-order valence-electron chi connectivity index (χ0n) is 9.32. The summed E-state index contributed by atoms with van der Waals surface area (Å²) in [6, 6.07) is 1.66. The fourth-order valence-electron chi connectivity index (χ4n) is 1.77. The number of hydrogen-bond donors (Lipinski definition) is 0. The predicted molar refractivity (Wildman–Crippen MR) is 56.8 cm³/mol. The molecule has 0 fully saturated rings. The van der Waals surface area contributed by atoms with Crippen LogP contribution in [-0.2, 0) is 0 Å². The van der Waals surface area contributed by atoms with Gasteiger partial charge in [0.2, 0.25) is 0 Å². The number of benzene rings is 2. The second kappa shape index (κ2) is 4.06.